The zero-order chi connectivity index (χ0) is 20.2. The second-order valence-corrected chi connectivity index (χ2v) is 6.38. The lowest BCUT2D eigenvalue weighted by Crippen LogP contribution is -2.04. The second kappa shape index (κ2) is 8.10. The number of anilines is 1. The molecule has 0 saturated carbocycles. The van der Waals surface area contributed by atoms with Gasteiger partial charge in [-0.2, -0.15) is 0 Å². The molecule has 0 unspecified atom stereocenters. The monoisotopic (exact) mass is 390 g/mol. The molecule has 0 atom stereocenters. The van der Waals surface area contributed by atoms with Gasteiger partial charge < -0.3 is 19.5 Å². The first-order chi connectivity index (χ1) is 14.2. The van der Waals surface area contributed by atoms with Gasteiger partial charge in [0, 0.05) is 24.5 Å². The first kappa shape index (κ1) is 18.6. The van der Waals surface area contributed by atoms with Crippen LogP contribution in [0.2, 0.25) is 0 Å². The Kier molecular flexibility index (Phi) is 5.20. The van der Waals surface area contributed by atoms with Crippen molar-refractivity contribution < 1.29 is 14.2 Å². The van der Waals surface area contributed by atoms with E-state index in [-0.39, 0.29) is 0 Å². The predicted octanol–water partition coefficient (Wildman–Crippen LogP) is 4.03. The smallest absolute Gasteiger partial charge is 0.180 e. The molecule has 2 aromatic heterocycles. The molecule has 2 aromatic carbocycles. The molecule has 0 saturated heterocycles. The van der Waals surface area contributed by atoms with Crippen LogP contribution in [0.4, 0.5) is 5.82 Å². The van der Waals surface area contributed by atoms with E-state index < -0.39 is 0 Å². The molecule has 7 nitrogen and oxygen atoms in total. The average Bonchev–Trinajstić information content (AvgIpc) is 3.22. The molecule has 1 N–H and O–H groups in total. The number of nitrogens with one attached hydrogen (secondary N) is 1. The van der Waals surface area contributed by atoms with Crippen molar-refractivity contribution in [1.29, 1.82) is 0 Å². The molecular weight excluding hydrogens is 368 g/mol. The van der Waals surface area contributed by atoms with E-state index in [0.717, 1.165) is 34.0 Å². The third-order valence-corrected chi connectivity index (χ3v) is 4.73. The third kappa shape index (κ3) is 3.67. The van der Waals surface area contributed by atoms with Crippen LogP contribution in [0.3, 0.4) is 0 Å². The highest BCUT2D eigenvalue weighted by atomic mass is 16.5. The Balaban J connectivity index is 1.62. The van der Waals surface area contributed by atoms with E-state index >= 15 is 0 Å². The van der Waals surface area contributed by atoms with E-state index in [4.69, 9.17) is 14.2 Å². The lowest BCUT2D eigenvalue weighted by Gasteiger charge is -2.10. The van der Waals surface area contributed by atoms with Gasteiger partial charge in [-0.05, 0) is 35.9 Å². The van der Waals surface area contributed by atoms with Crippen molar-refractivity contribution in [2.45, 2.75) is 6.54 Å². The van der Waals surface area contributed by atoms with Crippen molar-refractivity contribution in [3.05, 3.63) is 66.6 Å². The summed E-state index contributed by atoms with van der Waals surface area (Å²) < 4.78 is 18.0. The van der Waals surface area contributed by atoms with Crippen LogP contribution in [0.15, 0.2) is 61.1 Å². The maximum Gasteiger partial charge on any atom is 0.180 e. The van der Waals surface area contributed by atoms with Crippen molar-refractivity contribution in [1.82, 2.24) is 14.4 Å². The molecule has 0 radical (unpaired) electrons. The van der Waals surface area contributed by atoms with E-state index in [1.54, 1.807) is 27.5 Å². The number of ether oxygens (including phenoxy) is 3. The first-order valence-electron chi connectivity index (χ1n) is 9.14. The van der Waals surface area contributed by atoms with Crippen molar-refractivity contribution >= 4 is 11.5 Å². The van der Waals surface area contributed by atoms with Crippen LogP contribution in [0, 0.1) is 0 Å². The lowest BCUT2D eigenvalue weighted by atomic mass is 10.1. The Labute approximate surface area is 168 Å². The minimum Gasteiger partial charge on any atom is -0.497 e. The Bertz CT molecular complexity index is 1120. The highest BCUT2D eigenvalue weighted by Crippen LogP contribution is 2.33. The van der Waals surface area contributed by atoms with Crippen LogP contribution in [-0.2, 0) is 6.54 Å². The van der Waals surface area contributed by atoms with Gasteiger partial charge in [0.25, 0.3) is 0 Å². The van der Waals surface area contributed by atoms with Crippen molar-refractivity contribution in [2.75, 3.05) is 26.6 Å². The number of nitrogens with zero attached hydrogens (tertiary/aromatic N) is 3. The first-order valence-corrected chi connectivity index (χ1v) is 9.14. The topological polar surface area (TPSA) is 69.9 Å². The number of methoxy groups -OCH3 is 3. The molecule has 4 aromatic rings. The summed E-state index contributed by atoms with van der Waals surface area (Å²) in [5.41, 5.74) is 3.80. The van der Waals surface area contributed by atoms with E-state index in [1.807, 2.05) is 59.3 Å². The molecule has 0 bridgehead atoms. The molecule has 2 heterocycles. The van der Waals surface area contributed by atoms with Crippen molar-refractivity contribution in [3.8, 4) is 28.5 Å². The minimum absolute atomic E-state index is 0.634. The fourth-order valence-corrected chi connectivity index (χ4v) is 3.18. The molecule has 0 aliphatic heterocycles. The van der Waals surface area contributed by atoms with Crippen LogP contribution in [-0.4, -0.2) is 35.7 Å². The number of hydrogen-bond donors (Lipinski definition) is 1. The Hall–Kier alpha value is -3.74. The normalized spacial score (nSPS) is 10.7. The fourth-order valence-electron chi connectivity index (χ4n) is 3.18. The highest BCUT2D eigenvalue weighted by molar-refractivity contribution is 5.72. The molecule has 7 heteroatoms. The minimum atomic E-state index is 0.634. The lowest BCUT2D eigenvalue weighted by molar-refractivity contribution is 0.355. The number of imidazole rings is 1. The van der Waals surface area contributed by atoms with Gasteiger partial charge in [0.1, 0.15) is 5.75 Å². The predicted molar refractivity (Wildman–Crippen MR) is 112 cm³/mol. The van der Waals surface area contributed by atoms with E-state index in [9.17, 15) is 0 Å². The van der Waals surface area contributed by atoms with Crippen LogP contribution in [0.5, 0.6) is 17.2 Å². The summed E-state index contributed by atoms with van der Waals surface area (Å²) in [6.45, 7) is 0.634. The Morgan fingerprint density at radius 1 is 0.897 bits per heavy atom. The van der Waals surface area contributed by atoms with Gasteiger partial charge in [-0.3, -0.25) is 4.40 Å². The number of fused-ring (bicyclic) bond motifs is 1. The molecule has 0 aliphatic carbocycles. The molecular formula is C22H22N4O3. The van der Waals surface area contributed by atoms with Gasteiger partial charge in [0.15, 0.2) is 23.0 Å². The summed E-state index contributed by atoms with van der Waals surface area (Å²) in [7, 11) is 4.91. The van der Waals surface area contributed by atoms with Crippen LogP contribution < -0.4 is 19.5 Å². The molecule has 0 spiro atoms. The standard InChI is InChI=1S/C22H22N4O3/c1-27-17-7-4-15(5-8-17)13-24-21-22-25-14-18(26(22)11-10-23-21)16-6-9-19(28-2)20(12-16)29-3/h4-12,14H,13H2,1-3H3,(H,23,24). The van der Waals surface area contributed by atoms with Crippen LogP contribution >= 0.6 is 0 Å². The van der Waals surface area contributed by atoms with Crippen LogP contribution in [0.1, 0.15) is 5.56 Å². The van der Waals surface area contributed by atoms with Crippen molar-refractivity contribution in [3.63, 3.8) is 0 Å². The van der Waals surface area contributed by atoms with Gasteiger partial charge in [0.2, 0.25) is 0 Å². The Morgan fingerprint density at radius 2 is 1.69 bits per heavy atom. The van der Waals surface area contributed by atoms with Gasteiger partial charge in [0.05, 0.1) is 33.2 Å². The highest BCUT2D eigenvalue weighted by Gasteiger charge is 2.13. The number of hydrogen-bond acceptors (Lipinski definition) is 6. The van der Waals surface area contributed by atoms with Gasteiger partial charge in [-0.25, -0.2) is 9.97 Å². The third-order valence-electron chi connectivity index (χ3n) is 4.73. The molecule has 0 fully saturated rings. The number of rotatable bonds is 7. The van der Waals surface area contributed by atoms with Crippen LogP contribution in [0.25, 0.3) is 16.9 Å². The molecule has 0 aliphatic rings. The maximum absolute atomic E-state index is 5.43. The zero-order valence-electron chi connectivity index (χ0n) is 16.5. The number of aromatic nitrogens is 3. The second-order valence-electron chi connectivity index (χ2n) is 6.38. The van der Waals surface area contributed by atoms with E-state index in [1.165, 1.54) is 0 Å². The summed E-state index contributed by atoms with van der Waals surface area (Å²) in [6.07, 6.45) is 5.49. The average molecular weight is 390 g/mol. The van der Waals surface area contributed by atoms with Gasteiger partial charge in [-0.15, -0.1) is 0 Å². The summed E-state index contributed by atoms with van der Waals surface area (Å²) in [5.74, 6) is 2.91. The Morgan fingerprint density at radius 3 is 2.41 bits per heavy atom. The van der Waals surface area contributed by atoms with E-state index in [2.05, 4.69) is 15.3 Å². The summed E-state index contributed by atoms with van der Waals surface area (Å²) in [5, 5.41) is 3.37. The van der Waals surface area contributed by atoms with Gasteiger partial charge in [-0.1, -0.05) is 12.1 Å². The SMILES string of the molecule is COc1ccc(CNc2nccn3c(-c4ccc(OC)c(OC)c4)cnc23)cc1. The van der Waals surface area contributed by atoms with Gasteiger partial charge >= 0.3 is 0 Å². The van der Waals surface area contributed by atoms with E-state index in [0.29, 0.717) is 18.0 Å². The number of benzene rings is 2. The summed E-state index contributed by atoms with van der Waals surface area (Å²) >= 11 is 0. The summed E-state index contributed by atoms with van der Waals surface area (Å²) in [4.78, 5) is 9.04. The quantitative estimate of drug-likeness (QED) is 0.514. The molecule has 4 rings (SSSR count). The zero-order valence-corrected chi connectivity index (χ0v) is 16.5. The van der Waals surface area contributed by atoms with Crippen molar-refractivity contribution in [2.24, 2.45) is 0 Å². The maximum atomic E-state index is 5.43. The fraction of sp³-hybridized carbons (Fsp3) is 0.182. The molecule has 29 heavy (non-hydrogen) atoms. The summed E-state index contributed by atoms with van der Waals surface area (Å²) in [6, 6.07) is 13.7. The largest absolute Gasteiger partial charge is 0.497 e. The molecule has 0 amide bonds. The molecule has 148 valence electrons.